The number of urea groups is 1. The van der Waals surface area contributed by atoms with Crippen LogP contribution in [0, 0.1) is 12.8 Å². The van der Waals surface area contributed by atoms with Crippen LogP contribution in [0.5, 0.6) is 0 Å². The highest BCUT2D eigenvalue weighted by molar-refractivity contribution is 5.89. The summed E-state index contributed by atoms with van der Waals surface area (Å²) in [6, 6.07) is 7.60. The molecule has 1 heterocycles. The van der Waals surface area contributed by atoms with Gasteiger partial charge in [0.25, 0.3) is 0 Å². The summed E-state index contributed by atoms with van der Waals surface area (Å²) in [4.78, 5) is 14.3. The van der Waals surface area contributed by atoms with E-state index in [1.54, 1.807) is 0 Å². The fraction of sp³-hybridized carbons (Fsp3) is 0.611. The van der Waals surface area contributed by atoms with Crippen molar-refractivity contribution in [3.8, 4) is 0 Å². The van der Waals surface area contributed by atoms with Gasteiger partial charge in [-0.2, -0.15) is 0 Å². The molecule has 128 valence electrons. The van der Waals surface area contributed by atoms with Gasteiger partial charge in [-0.05, 0) is 58.2 Å². The first-order valence-electron chi connectivity index (χ1n) is 8.38. The fourth-order valence-corrected chi connectivity index (χ4v) is 3.06. The average Bonchev–Trinajstić information content (AvgIpc) is 2.46. The zero-order valence-electron chi connectivity index (χ0n) is 14.4. The number of carbonyl (C=O) groups is 1. The summed E-state index contributed by atoms with van der Waals surface area (Å²) in [6.07, 6.45) is 2.23. The van der Waals surface area contributed by atoms with E-state index in [-0.39, 0.29) is 6.03 Å². The number of anilines is 1. The smallest absolute Gasteiger partial charge is 0.319 e. The Labute approximate surface area is 139 Å². The molecule has 1 saturated heterocycles. The van der Waals surface area contributed by atoms with Gasteiger partial charge < -0.3 is 20.6 Å². The molecule has 1 fully saturated rings. The second kappa shape index (κ2) is 7.79. The van der Waals surface area contributed by atoms with Crippen LogP contribution in [0.25, 0.3) is 0 Å². The molecule has 1 unspecified atom stereocenters. The van der Waals surface area contributed by atoms with E-state index in [9.17, 15) is 9.90 Å². The third kappa shape index (κ3) is 6.59. The largest absolute Gasteiger partial charge is 0.389 e. The molecule has 1 aromatic carbocycles. The van der Waals surface area contributed by atoms with E-state index in [0.29, 0.717) is 19.0 Å². The standard InChI is InChI=1S/C18H29N3O2/c1-14-6-8-16(9-7-14)20-17(22)19-11-15-5-4-10-21(12-15)13-18(2,3)23/h6-9,15,23H,4-5,10-13H2,1-3H3,(H2,19,20,22). The normalized spacial score (nSPS) is 19.4. The minimum atomic E-state index is -0.669. The Morgan fingerprint density at radius 3 is 2.70 bits per heavy atom. The van der Waals surface area contributed by atoms with Gasteiger partial charge in [-0.1, -0.05) is 17.7 Å². The topological polar surface area (TPSA) is 64.6 Å². The highest BCUT2D eigenvalue weighted by atomic mass is 16.3. The molecular weight excluding hydrogens is 290 g/mol. The minimum Gasteiger partial charge on any atom is -0.389 e. The van der Waals surface area contributed by atoms with Gasteiger partial charge in [-0.3, -0.25) is 0 Å². The Kier molecular flexibility index (Phi) is 6.02. The first-order chi connectivity index (χ1) is 10.8. The number of nitrogens with one attached hydrogen (secondary N) is 2. The number of amides is 2. The molecule has 1 aliphatic rings. The molecule has 0 radical (unpaired) electrons. The highest BCUT2D eigenvalue weighted by Gasteiger charge is 2.24. The van der Waals surface area contributed by atoms with Gasteiger partial charge in [0.2, 0.25) is 0 Å². The number of β-amino-alcohol motifs (C(OH)–C–C–N with tert-alkyl or cyclic N) is 1. The van der Waals surface area contributed by atoms with Crippen molar-refractivity contribution in [3.63, 3.8) is 0 Å². The van der Waals surface area contributed by atoms with Crippen LogP contribution in [-0.2, 0) is 0 Å². The van der Waals surface area contributed by atoms with E-state index < -0.39 is 5.60 Å². The van der Waals surface area contributed by atoms with Gasteiger partial charge in [0.1, 0.15) is 0 Å². The molecule has 2 rings (SSSR count). The Balaban J connectivity index is 1.74. The van der Waals surface area contributed by atoms with E-state index in [1.807, 2.05) is 45.0 Å². The first kappa shape index (κ1) is 17.8. The van der Waals surface area contributed by atoms with Crippen molar-refractivity contribution in [2.75, 3.05) is 31.5 Å². The fourth-order valence-electron chi connectivity index (χ4n) is 3.06. The summed E-state index contributed by atoms with van der Waals surface area (Å²) in [7, 11) is 0. The van der Waals surface area contributed by atoms with Crippen LogP contribution in [0.4, 0.5) is 10.5 Å². The van der Waals surface area contributed by atoms with E-state index in [1.165, 1.54) is 5.56 Å². The molecule has 0 aliphatic carbocycles. The maximum absolute atomic E-state index is 12.0. The maximum Gasteiger partial charge on any atom is 0.319 e. The number of nitrogens with zero attached hydrogens (tertiary/aromatic N) is 1. The van der Waals surface area contributed by atoms with Crippen molar-refractivity contribution in [2.24, 2.45) is 5.92 Å². The van der Waals surface area contributed by atoms with Crippen LogP contribution in [0.2, 0.25) is 0 Å². The average molecular weight is 319 g/mol. The van der Waals surface area contributed by atoms with Crippen molar-refractivity contribution in [2.45, 2.75) is 39.2 Å². The van der Waals surface area contributed by atoms with Crippen molar-refractivity contribution in [1.29, 1.82) is 0 Å². The third-order valence-electron chi connectivity index (χ3n) is 4.07. The summed E-state index contributed by atoms with van der Waals surface area (Å²) in [6.45, 7) is 8.99. The summed E-state index contributed by atoms with van der Waals surface area (Å²) < 4.78 is 0. The van der Waals surface area contributed by atoms with E-state index in [4.69, 9.17) is 0 Å². The molecule has 0 aromatic heterocycles. The number of hydrogen-bond acceptors (Lipinski definition) is 3. The predicted molar refractivity (Wildman–Crippen MR) is 93.7 cm³/mol. The Morgan fingerprint density at radius 2 is 2.04 bits per heavy atom. The Bertz CT molecular complexity index is 508. The monoisotopic (exact) mass is 319 g/mol. The quantitative estimate of drug-likeness (QED) is 0.781. The molecule has 23 heavy (non-hydrogen) atoms. The lowest BCUT2D eigenvalue weighted by molar-refractivity contribution is 0.0218. The molecule has 2 amide bonds. The second-order valence-electron chi connectivity index (χ2n) is 7.26. The summed E-state index contributed by atoms with van der Waals surface area (Å²) in [5.41, 5.74) is 1.31. The van der Waals surface area contributed by atoms with Crippen LogP contribution >= 0.6 is 0 Å². The molecule has 5 heteroatoms. The summed E-state index contributed by atoms with van der Waals surface area (Å²) >= 11 is 0. The molecule has 1 aliphatic heterocycles. The Hall–Kier alpha value is -1.59. The van der Waals surface area contributed by atoms with Crippen LogP contribution < -0.4 is 10.6 Å². The number of aliphatic hydroxyl groups is 1. The van der Waals surface area contributed by atoms with Crippen LogP contribution in [0.15, 0.2) is 24.3 Å². The number of hydrogen-bond donors (Lipinski definition) is 3. The molecule has 0 spiro atoms. The van der Waals surface area contributed by atoms with Crippen LogP contribution in [0.3, 0.4) is 0 Å². The first-order valence-corrected chi connectivity index (χ1v) is 8.38. The van der Waals surface area contributed by atoms with Gasteiger partial charge in [-0.15, -0.1) is 0 Å². The van der Waals surface area contributed by atoms with Crippen molar-refractivity contribution < 1.29 is 9.90 Å². The molecule has 0 bridgehead atoms. The highest BCUT2D eigenvalue weighted by Crippen LogP contribution is 2.18. The van der Waals surface area contributed by atoms with Gasteiger partial charge in [0.05, 0.1) is 5.60 Å². The number of likely N-dealkylation sites (tertiary alicyclic amines) is 1. The number of benzene rings is 1. The molecule has 5 nitrogen and oxygen atoms in total. The second-order valence-corrected chi connectivity index (χ2v) is 7.26. The van der Waals surface area contributed by atoms with Crippen molar-refractivity contribution >= 4 is 11.7 Å². The molecular formula is C18H29N3O2. The van der Waals surface area contributed by atoms with E-state index in [0.717, 1.165) is 31.6 Å². The van der Waals surface area contributed by atoms with E-state index in [2.05, 4.69) is 15.5 Å². The lowest BCUT2D eigenvalue weighted by atomic mass is 9.96. The number of piperidine rings is 1. The number of rotatable bonds is 5. The third-order valence-corrected chi connectivity index (χ3v) is 4.07. The zero-order chi connectivity index (χ0) is 16.9. The molecule has 1 aromatic rings. The van der Waals surface area contributed by atoms with Gasteiger partial charge >= 0.3 is 6.03 Å². The van der Waals surface area contributed by atoms with E-state index >= 15 is 0 Å². The maximum atomic E-state index is 12.0. The lowest BCUT2D eigenvalue weighted by Gasteiger charge is -2.36. The minimum absolute atomic E-state index is 0.159. The van der Waals surface area contributed by atoms with Gasteiger partial charge in [0, 0.05) is 25.3 Å². The summed E-state index contributed by atoms with van der Waals surface area (Å²) in [5, 5.41) is 15.8. The van der Waals surface area contributed by atoms with Crippen LogP contribution in [-0.4, -0.2) is 47.8 Å². The zero-order valence-corrected chi connectivity index (χ0v) is 14.4. The van der Waals surface area contributed by atoms with Gasteiger partial charge in [0.15, 0.2) is 0 Å². The van der Waals surface area contributed by atoms with Crippen molar-refractivity contribution in [1.82, 2.24) is 10.2 Å². The number of carbonyl (C=O) groups excluding carboxylic acids is 1. The van der Waals surface area contributed by atoms with Crippen LogP contribution in [0.1, 0.15) is 32.3 Å². The van der Waals surface area contributed by atoms with Gasteiger partial charge in [-0.25, -0.2) is 4.79 Å². The SMILES string of the molecule is Cc1ccc(NC(=O)NCC2CCCN(CC(C)(C)O)C2)cc1. The predicted octanol–water partition coefficient (Wildman–Crippen LogP) is 2.60. The molecule has 1 atom stereocenters. The molecule has 3 N–H and O–H groups in total. The number of aryl methyl sites for hydroxylation is 1. The Morgan fingerprint density at radius 1 is 1.35 bits per heavy atom. The summed E-state index contributed by atoms with van der Waals surface area (Å²) in [5.74, 6) is 0.440. The molecule has 0 saturated carbocycles. The lowest BCUT2D eigenvalue weighted by Crippen LogP contribution is -2.46. The van der Waals surface area contributed by atoms with Crippen molar-refractivity contribution in [3.05, 3.63) is 29.8 Å².